The molecule has 0 spiro atoms. The van der Waals surface area contributed by atoms with Crippen molar-refractivity contribution in [3.63, 3.8) is 0 Å². The molecule has 0 aliphatic heterocycles. The van der Waals surface area contributed by atoms with Gasteiger partial charge in [0.05, 0.1) is 11.8 Å². The first-order chi connectivity index (χ1) is 10.4. The Morgan fingerprint density at radius 1 is 1.18 bits per heavy atom. The normalized spacial score (nSPS) is 36.3. The second kappa shape index (κ2) is 6.13. The lowest BCUT2D eigenvalue weighted by Crippen LogP contribution is -2.45. The first kappa shape index (κ1) is 16.3. The van der Waals surface area contributed by atoms with Crippen molar-refractivity contribution in [3.8, 4) is 0 Å². The van der Waals surface area contributed by atoms with E-state index in [-0.39, 0.29) is 27.4 Å². The van der Waals surface area contributed by atoms with Gasteiger partial charge in [0.1, 0.15) is 0 Å². The Kier molecular flexibility index (Phi) is 4.54. The maximum atomic E-state index is 12.6. The smallest absolute Gasteiger partial charge is 0.307 e. The first-order valence-corrected chi connectivity index (χ1v) is 9.18. The van der Waals surface area contributed by atoms with Crippen LogP contribution in [-0.2, 0) is 9.59 Å². The summed E-state index contributed by atoms with van der Waals surface area (Å²) >= 11 is 13.1. The van der Waals surface area contributed by atoms with E-state index in [0.717, 1.165) is 6.42 Å². The van der Waals surface area contributed by atoms with Crippen molar-refractivity contribution < 1.29 is 14.7 Å². The van der Waals surface area contributed by atoms with Crippen molar-refractivity contribution in [2.45, 2.75) is 16.1 Å². The molecule has 2 bridgehead atoms. The minimum absolute atomic E-state index is 0.0228. The Labute approximate surface area is 149 Å². The molecule has 0 unspecified atom stereocenters. The van der Waals surface area contributed by atoms with Gasteiger partial charge in [-0.1, -0.05) is 49.5 Å². The molecule has 7 heteroatoms. The first-order valence-electron chi connectivity index (χ1n) is 6.97. The molecule has 1 aromatic carbocycles. The summed E-state index contributed by atoms with van der Waals surface area (Å²) in [5.41, 5.74) is 0.589. The molecule has 0 heterocycles. The third-order valence-corrected chi connectivity index (χ3v) is 8.10. The number of carbonyl (C=O) groups excluding carboxylic acids is 1. The summed E-state index contributed by atoms with van der Waals surface area (Å²) in [6.45, 7) is 0. The number of rotatable bonds is 3. The van der Waals surface area contributed by atoms with Crippen molar-refractivity contribution in [1.29, 1.82) is 0 Å². The van der Waals surface area contributed by atoms with Gasteiger partial charge in [0, 0.05) is 20.4 Å². The summed E-state index contributed by atoms with van der Waals surface area (Å²) in [5, 5.41) is 12.9. The Morgan fingerprint density at radius 2 is 1.82 bits per heavy atom. The van der Waals surface area contributed by atoms with Gasteiger partial charge in [-0.3, -0.25) is 9.59 Å². The van der Waals surface area contributed by atoms with E-state index in [4.69, 9.17) is 11.6 Å². The van der Waals surface area contributed by atoms with Crippen LogP contribution in [-0.4, -0.2) is 26.6 Å². The van der Waals surface area contributed by atoms with E-state index in [2.05, 4.69) is 37.2 Å². The summed E-state index contributed by atoms with van der Waals surface area (Å²) < 4.78 is 0. The van der Waals surface area contributed by atoms with Crippen LogP contribution >= 0.6 is 43.5 Å². The van der Waals surface area contributed by atoms with Crippen molar-refractivity contribution in [2.75, 3.05) is 5.32 Å². The SMILES string of the molecule is O=C(O)[C@H]1[C@@H]2C[C@H]([C@@H](Br)[C@H]2Br)[C@@H]1C(=O)Nc1cccc(Cl)c1. The summed E-state index contributed by atoms with van der Waals surface area (Å²) in [6.07, 6.45) is 0.746. The Hall–Kier alpha value is -0.590. The van der Waals surface area contributed by atoms with Crippen LogP contribution in [0, 0.1) is 23.7 Å². The molecule has 2 aliphatic carbocycles. The van der Waals surface area contributed by atoms with Gasteiger partial charge in [-0.15, -0.1) is 0 Å². The van der Waals surface area contributed by atoms with Crippen LogP contribution < -0.4 is 5.32 Å². The minimum atomic E-state index is -0.900. The fraction of sp³-hybridized carbons (Fsp3) is 0.467. The highest BCUT2D eigenvalue weighted by Gasteiger charge is 2.61. The lowest BCUT2D eigenvalue weighted by atomic mass is 9.78. The zero-order chi connectivity index (χ0) is 16.0. The number of amides is 1. The second-order valence-electron chi connectivity index (χ2n) is 5.84. The average molecular weight is 452 g/mol. The number of halogens is 3. The lowest BCUT2D eigenvalue weighted by Gasteiger charge is -2.33. The third-order valence-electron chi connectivity index (χ3n) is 4.66. The van der Waals surface area contributed by atoms with Crippen LogP contribution in [0.1, 0.15) is 6.42 Å². The van der Waals surface area contributed by atoms with Crippen molar-refractivity contribution in [1.82, 2.24) is 0 Å². The molecule has 22 heavy (non-hydrogen) atoms. The molecule has 4 nitrogen and oxygen atoms in total. The zero-order valence-electron chi connectivity index (χ0n) is 11.4. The highest BCUT2D eigenvalue weighted by atomic mass is 79.9. The van der Waals surface area contributed by atoms with Gasteiger partial charge < -0.3 is 10.4 Å². The van der Waals surface area contributed by atoms with Crippen molar-refractivity contribution in [2.24, 2.45) is 23.7 Å². The predicted octanol–water partition coefficient (Wildman–Crippen LogP) is 3.77. The number of carboxylic acid groups (broad SMARTS) is 1. The molecule has 0 radical (unpaired) electrons. The Balaban J connectivity index is 1.83. The molecule has 2 N–H and O–H groups in total. The largest absolute Gasteiger partial charge is 0.481 e. The summed E-state index contributed by atoms with van der Waals surface area (Å²) in [6, 6.07) is 6.86. The number of benzene rings is 1. The molecular weight excluding hydrogens is 437 g/mol. The van der Waals surface area contributed by atoms with E-state index in [1.54, 1.807) is 24.3 Å². The molecular formula is C15H14Br2ClNO3. The number of hydrogen-bond donors (Lipinski definition) is 2. The maximum absolute atomic E-state index is 12.6. The number of nitrogens with one attached hydrogen (secondary N) is 1. The third kappa shape index (κ3) is 2.69. The quantitative estimate of drug-likeness (QED) is 0.688. The van der Waals surface area contributed by atoms with Gasteiger partial charge >= 0.3 is 5.97 Å². The van der Waals surface area contributed by atoms with Crippen molar-refractivity contribution in [3.05, 3.63) is 29.3 Å². The Morgan fingerprint density at radius 3 is 2.41 bits per heavy atom. The number of carboxylic acids is 1. The van der Waals surface area contributed by atoms with Gasteiger partial charge in [0.15, 0.2) is 0 Å². The number of fused-ring (bicyclic) bond motifs is 2. The highest BCUT2D eigenvalue weighted by Crippen LogP contribution is 2.57. The van der Waals surface area contributed by atoms with E-state index in [0.29, 0.717) is 10.7 Å². The molecule has 1 aromatic rings. The monoisotopic (exact) mass is 449 g/mol. The van der Waals surface area contributed by atoms with Crippen molar-refractivity contribution >= 4 is 61.0 Å². The van der Waals surface area contributed by atoms with E-state index in [9.17, 15) is 14.7 Å². The summed E-state index contributed by atoms with van der Waals surface area (Å²) in [5.74, 6) is -2.33. The lowest BCUT2D eigenvalue weighted by molar-refractivity contribution is -0.148. The topological polar surface area (TPSA) is 66.4 Å². The fourth-order valence-corrected chi connectivity index (χ4v) is 5.82. The van der Waals surface area contributed by atoms with E-state index in [1.807, 2.05) is 0 Å². The van der Waals surface area contributed by atoms with E-state index in [1.165, 1.54) is 0 Å². The van der Waals surface area contributed by atoms with E-state index >= 15 is 0 Å². The maximum Gasteiger partial charge on any atom is 0.307 e. The van der Waals surface area contributed by atoms with Gasteiger partial charge in [0.2, 0.25) is 5.91 Å². The molecule has 2 aliphatic rings. The van der Waals surface area contributed by atoms with Gasteiger partial charge in [-0.05, 0) is 36.5 Å². The number of anilines is 1. The van der Waals surface area contributed by atoms with Gasteiger partial charge in [0.25, 0.3) is 0 Å². The molecule has 2 fully saturated rings. The molecule has 1 amide bonds. The van der Waals surface area contributed by atoms with Crippen LogP contribution in [0.3, 0.4) is 0 Å². The molecule has 6 atom stereocenters. The Bertz CT molecular complexity index is 627. The molecule has 118 valence electrons. The molecule has 3 rings (SSSR count). The molecule has 0 saturated heterocycles. The molecule has 2 saturated carbocycles. The van der Waals surface area contributed by atoms with E-state index < -0.39 is 17.8 Å². The number of aliphatic carboxylic acids is 1. The second-order valence-corrected chi connectivity index (χ2v) is 8.39. The number of carbonyl (C=O) groups is 2. The van der Waals surface area contributed by atoms with Gasteiger partial charge in [-0.2, -0.15) is 0 Å². The van der Waals surface area contributed by atoms with Crippen LogP contribution in [0.15, 0.2) is 24.3 Å². The van der Waals surface area contributed by atoms with Crippen LogP contribution in [0.25, 0.3) is 0 Å². The summed E-state index contributed by atoms with van der Waals surface area (Å²) in [7, 11) is 0. The van der Waals surface area contributed by atoms with Crippen LogP contribution in [0.2, 0.25) is 5.02 Å². The molecule has 0 aromatic heterocycles. The highest BCUT2D eigenvalue weighted by molar-refractivity contribution is 9.12. The predicted molar refractivity (Wildman–Crippen MR) is 91.7 cm³/mol. The average Bonchev–Trinajstić information content (AvgIpc) is 2.97. The fourth-order valence-electron chi connectivity index (χ4n) is 3.75. The summed E-state index contributed by atoms with van der Waals surface area (Å²) in [4.78, 5) is 24.5. The van der Waals surface area contributed by atoms with Crippen LogP contribution in [0.4, 0.5) is 5.69 Å². The standard InChI is InChI=1S/C15H14Br2ClNO3/c16-12-8-5-9(13(12)17)11(15(21)22)10(8)14(20)19-7-3-1-2-6(18)4-7/h1-4,8-13H,5H2,(H,19,20)(H,21,22)/t8-,9-,10-,11-,12+,13-/m0/s1. The zero-order valence-corrected chi connectivity index (χ0v) is 15.3. The van der Waals surface area contributed by atoms with Gasteiger partial charge in [-0.25, -0.2) is 0 Å². The number of alkyl halides is 2. The number of hydrogen-bond acceptors (Lipinski definition) is 2. The minimum Gasteiger partial charge on any atom is -0.481 e. The van der Waals surface area contributed by atoms with Crippen LogP contribution in [0.5, 0.6) is 0 Å².